The summed E-state index contributed by atoms with van der Waals surface area (Å²) in [6, 6.07) is 0. The lowest BCUT2D eigenvalue weighted by atomic mass is 10.3. The third-order valence-corrected chi connectivity index (χ3v) is 3.85. The Balaban J connectivity index is 3.16. The maximum atomic E-state index is 12.1. The first-order valence-electron chi connectivity index (χ1n) is 7.94. The molecule has 8 heteroatoms. The Hall–Kier alpha value is -2.09. The molecule has 1 amide bonds. The Kier molecular flexibility index (Phi) is 6.56. The number of nitrogens with two attached hydrogens (primary N) is 1. The number of aromatic nitrogens is 2. The van der Waals surface area contributed by atoms with Gasteiger partial charge in [0.05, 0.1) is 33.7 Å². The van der Waals surface area contributed by atoms with E-state index < -0.39 is 11.2 Å². The number of likely N-dealkylation sites (N-methyl/N-ethyl adjacent to an activating group) is 1. The molecule has 0 aliphatic rings. The second kappa shape index (κ2) is 7.96. The number of carbonyl (C=O) groups excluding carboxylic acids is 1. The Labute approximate surface area is 136 Å². The minimum Gasteiger partial charge on any atom is -0.383 e. The van der Waals surface area contributed by atoms with E-state index in [2.05, 4.69) is 26.0 Å². The van der Waals surface area contributed by atoms with Crippen LogP contribution < -0.4 is 21.9 Å². The third kappa shape index (κ3) is 4.69. The molecule has 0 bridgehead atoms. The number of anilines is 2. The highest BCUT2D eigenvalue weighted by atomic mass is 16.2. The van der Waals surface area contributed by atoms with Crippen LogP contribution in [0, 0.1) is 0 Å². The smallest absolute Gasteiger partial charge is 0.330 e. The van der Waals surface area contributed by atoms with Crippen molar-refractivity contribution in [1.29, 1.82) is 0 Å². The molecule has 1 aromatic heterocycles. The average molecular weight is 326 g/mol. The monoisotopic (exact) mass is 326 g/mol. The standard InChI is InChI=1S/C15H27N5O3/c1-5-7-19-13(16)12(14(22)17-15(19)23)18(11-21)8-10-20(3,4)9-6-2/h11H,5-10H2,1-4H3,(H2-,16,17,22,23)/p+1. The quantitative estimate of drug-likeness (QED) is 0.492. The molecule has 0 saturated carbocycles. The molecular formula is C15H28N5O3+. The predicted molar refractivity (Wildman–Crippen MR) is 91.6 cm³/mol. The topological polar surface area (TPSA) is 101 Å². The van der Waals surface area contributed by atoms with Crippen LogP contribution in [0.2, 0.25) is 0 Å². The zero-order valence-electron chi connectivity index (χ0n) is 14.5. The van der Waals surface area contributed by atoms with Crippen molar-refractivity contribution in [2.75, 3.05) is 44.4 Å². The van der Waals surface area contributed by atoms with E-state index in [9.17, 15) is 14.4 Å². The summed E-state index contributed by atoms with van der Waals surface area (Å²) in [5.74, 6) is 0.0356. The SMILES string of the molecule is CCCn1c(N)c(N(C=O)CC[N+](C)(C)CCC)c(=O)[nH]c1=O. The minimum atomic E-state index is -0.632. The third-order valence-electron chi connectivity index (χ3n) is 3.85. The molecule has 130 valence electrons. The lowest BCUT2D eigenvalue weighted by Crippen LogP contribution is -2.47. The van der Waals surface area contributed by atoms with Gasteiger partial charge < -0.3 is 15.1 Å². The Morgan fingerprint density at radius 2 is 1.87 bits per heavy atom. The first kappa shape index (κ1) is 19.0. The van der Waals surface area contributed by atoms with Crippen molar-refractivity contribution in [2.24, 2.45) is 0 Å². The largest absolute Gasteiger partial charge is 0.383 e. The molecule has 0 aliphatic heterocycles. The summed E-state index contributed by atoms with van der Waals surface area (Å²) >= 11 is 0. The molecule has 0 aliphatic carbocycles. The van der Waals surface area contributed by atoms with Gasteiger partial charge in [0.25, 0.3) is 5.56 Å². The zero-order chi connectivity index (χ0) is 17.6. The summed E-state index contributed by atoms with van der Waals surface area (Å²) in [6.07, 6.45) is 2.31. The van der Waals surface area contributed by atoms with Gasteiger partial charge in [0.2, 0.25) is 6.41 Å². The maximum absolute atomic E-state index is 12.1. The summed E-state index contributed by atoms with van der Waals surface area (Å²) in [4.78, 5) is 38.9. The number of nitrogens with one attached hydrogen (secondary N) is 1. The predicted octanol–water partition coefficient (Wildman–Crippen LogP) is -0.0220. The van der Waals surface area contributed by atoms with Crippen molar-refractivity contribution in [3.8, 4) is 0 Å². The fraction of sp³-hybridized carbons (Fsp3) is 0.667. The van der Waals surface area contributed by atoms with Crippen LogP contribution >= 0.6 is 0 Å². The highest BCUT2D eigenvalue weighted by molar-refractivity contribution is 5.80. The molecule has 3 N–H and O–H groups in total. The lowest BCUT2D eigenvalue weighted by Gasteiger charge is -2.31. The number of carbonyl (C=O) groups is 1. The van der Waals surface area contributed by atoms with Gasteiger partial charge >= 0.3 is 5.69 Å². The van der Waals surface area contributed by atoms with Crippen molar-refractivity contribution in [2.45, 2.75) is 33.2 Å². The van der Waals surface area contributed by atoms with Crippen LogP contribution in [0.25, 0.3) is 0 Å². The number of nitrogen functional groups attached to an aromatic ring is 1. The van der Waals surface area contributed by atoms with Gasteiger partial charge in [0, 0.05) is 6.54 Å². The second-order valence-electron chi connectivity index (χ2n) is 6.33. The number of amides is 1. The van der Waals surface area contributed by atoms with Gasteiger partial charge in [0.15, 0.2) is 5.69 Å². The fourth-order valence-electron chi connectivity index (χ4n) is 2.61. The lowest BCUT2D eigenvalue weighted by molar-refractivity contribution is -0.888. The van der Waals surface area contributed by atoms with Gasteiger partial charge in [-0.05, 0) is 12.8 Å². The number of hydrogen-bond donors (Lipinski definition) is 2. The summed E-state index contributed by atoms with van der Waals surface area (Å²) in [5, 5.41) is 0. The fourth-order valence-corrected chi connectivity index (χ4v) is 2.61. The highest BCUT2D eigenvalue weighted by Crippen LogP contribution is 2.15. The van der Waals surface area contributed by atoms with Crippen LogP contribution in [-0.4, -0.2) is 54.2 Å². The molecular weight excluding hydrogens is 298 g/mol. The van der Waals surface area contributed by atoms with Crippen LogP contribution in [0.5, 0.6) is 0 Å². The molecule has 8 nitrogen and oxygen atoms in total. The van der Waals surface area contributed by atoms with Gasteiger partial charge in [-0.25, -0.2) is 4.79 Å². The molecule has 0 aromatic carbocycles. The highest BCUT2D eigenvalue weighted by Gasteiger charge is 2.21. The zero-order valence-corrected chi connectivity index (χ0v) is 14.5. The molecule has 0 unspecified atom stereocenters. The van der Waals surface area contributed by atoms with Crippen molar-refractivity contribution in [3.05, 3.63) is 20.8 Å². The van der Waals surface area contributed by atoms with E-state index in [4.69, 9.17) is 5.73 Å². The average Bonchev–Trinajstić information content (AvgIpc) is 2.46. The summed E-state index contributed by atoms with van der Waals surface area (Å²) in [6.45, 7) is 6.39. The molecule has 1 aromatic rings. The first-order valence-corrected chi connectivity index (χ1v) is 7.94. The van der Waals surface area contributed by atoms with E-state index >= 15 is 0 Å². The number of nitrogens with zero attached hydrogens (tertiary/aromatic N) is 3. The van der Waals surface area contributed by atoms with Crippen molar-refractivity contribution in [1.82, 2.24) is 9.55 Å². The van der Waals surface area contributed by atoms with Crippen molar-refractivity contribution >= 4 is 17.9 Å². The van der Waals surface area contributed by atoms with E-state index in [1.54, 1.807) is 0 Å². The van der Waals surface area contributed by atoms with E-state index in [1.807, 2.05) is 6.92 Å². The van der Waals surface area contributed by atoms with Gasteiger partial charge in [-0.3, -0.25) is 19.1 Å². The Bertz CT molecular complexity index is 647. The molecule has 0 fully saturated rings. The molecule has 1 heterocycles. The Morgan fingerprint density at radius 1 is 1.22 bits per heavy atom. The maximum Gasteiger partial charge on any atom is 0.330 e. The van der Waals surface area contributed by atoms with E-state index in [1.165, 1.54) is 9.47 Å². The summed E-state index contributed by atoms with van der Waals surface area (Å²) in [5.41, 5.74) is 4.85. The van der Waals surface area contributed by atoms with Crippen molar-refractivity contribution in [3.63, 3.8) is 0 Å². The number of quaternary nitrogens is 1. The normalized spacial score (nSPS) is 11.5. The molecule has 0 radical (unpaired) electrons. The van der Waals surface area contributed by atoms with Gasteiger partial charge in [-0.1, -0.05) is 13.8 Å². The molecule has 0 spiro atoms. The van der Waals surface area contributed by atoms with Crippen LogP contribution in [0.3, 0.4) is 0 Å². The van der Waals surface area contributed by atoms with Crippen LogP contribution in [0.15, 0.2) is 9.59 Å². The second-order valence-corrected chi connectivity index (χ2v) is 6.33. The van der Waals surface area contributed by atoms with E-state index in [0.717, 1.165) is 17.4 Å². The first-order chi connectivity index (χ1) is 10.8. The van der Waals surface area contributed by atoms with Gasteiger partial charge in [-0.2, -0.15) is 0 Å². The molecule has 1 rings (SSSR count). The molecule has 0 atom stereocenters. The van der Waals surface area contributed by atoms with Crippen LogP contribution in [0.1, 0.15) is 26.7 Å². The summed E-state index contributed by atoms with van der Waals surface area (Å²) in [7, 11) is 4.14. The Morgan fingerprint density at radius 3 is 2.39 bits per heavy atom. The van der Waals surface area contributed by atoms with Crippen LogP contribution in [-0.2, 0) is 11.3 Å². The number of H-pyrrole nitrogens is 1. The van der Waals surface area contributed by atoms with Gasteiger partial charge in [-0.15, -0.1) is 0 Å². The molecule has 0 saturated heterocycles. The number of rotatable bonds is 9. The number of hydrogen-bond acceptors (Lipinski definition) is 4. The van der Waals surface area contributed by atoms with Crippen molar-refractivity contribution < 1.29 is 9.28 Å². The van der Waals surface area contributed by atoms with Crippen LogP contribution in [0.4, 0.5) is 11.5 Å². The number of aromatic amines is 1. The van der Waals surface area contributed by atoms with E-state index in [0.29, 0.717) is 32.5 Å². The summed E-state index contributed by atoms with van der Waals surface area (Å²) < 4.78 is 2.02. The minimum absolute atomic E-state index is 0.0356. The molecule has 23 heavy (non-hydrogen) atoms. The van der Waals surface area contributed by atoms with Gasteiger partial charge in [0.1, 0.15) is 5.82 Å². The van der Waals surface area contributed by atoms with E-state index in [-0.39, 0.29) is 11.5 Å².